The molecule has 80 valence electrons. The maximum Gasteiger partial charge on any atom is 0.0761 e. The van der Waals surface area contributed by atoms with E-state index >= 15 is 0 Å². The van der Waals surface area contributed by atoms with Gasteiger partial charge in [-0.25, -0.2) is 0 Å². The summed E-state index contributed by atoms with van der Waals surface area (Å²) in [6, 6.07) is 4.59. The molecule has 0 saturated carbocycles. The molecule has 2 rings (SSSR count). The van der Waals surface area contributed by atoms with Crippen LogP contribution in [0.15, 0.2) is 30.5 Å². The number of hydrogen-bond acceptors (Lipinski definition) is 3. The predicted octanol–water partition coefficient (Wildman–Crippen LogP) is 4.64. The monoisotopic (exact) mass is 365 g/mol. The van der Waals surface area contributed by atoms with Crippen LogP contribution >= 0.6 is 54.5 Å². The van der Waals surface area contributed by atoms with Crippen molar-refractivity contribution in [2.45, 2.75) is 6.04 Å². The van der Waals surface area contributed by atoms with Gasteiger partial charge in [-0.1, -0.05) is 0 Å². The predicted molar refractivity (Wildman–Crippen MR) is 74.9 cm³/mol. The maximum atomic E-state index is 3.60. The zero-order chi connectivity index (χ0) is 10.8. The fourth-order valence-corrected chi connectivity index (χ4v) is 5.08. The van der Waals surface area contributed by atoms with Gasteiger partial charge in [0.05, 0.1) is 13.6 Å². The van der Waals surface area contributed by atoms with Crippen molar-refractivity contribution in [3.63, 3.8) is 0 Å². The van der Waals surface area contributed by atoms with Gasteiger partial charge in [0.25, 0.3) is 0 Å². The minimum Gasteiger partial charge on any atom is -0.309 e. The second-order valence-electron chi connectivity index (χ2n) is 3.06. The molecule has 0 aliphatic rings. The Balaban J connectivity index is 2.39. The third-order valence-electron chi connectivity index (χ3n) is 2.16. The summed E-state index contributed by atoms with van der Waals surface area (Å²) < 4.78 is 2.33. The van der Waals surface area contributed by atoms with Crippen LogP contribution in [0.3, 0.4) is 0 Å². The Morgan fingerprint density at radius 1 is 1.40 bits per heavy atom. The Morgan fingerprint density at radius 3 is 2.67 bits per heavy atom. The highest BCUT2D eigenvalue weighted by Crippen LogP contribution is 2.38. The molecule has 2 heterocycles. The average Bonchev–Trinajstić information content (AvgIpc) is 2.79. The van der Waals surface area contributed by atoms with Gasteiger partial charge in [-0.05, 0) is 72.9 Å². The first-order valence-corrected chi connectivity index (χ1v) is 7.71. The average molecular weight is 367 g/mol. The van der Waals surface area contributed by atoms with E-state index in [0.29, 0.717) is 0 Å². The fourth-order valence-electron chi connectivity index (χ4n) is 1.49. The molecule has 0 bridgehead atoms. The summed E-state index contributed by atoms with van der Waals surface area (Å²) in [6.45, 7) is 0. The molecule has 2 aromatic rings. The third-order valence-corrected chi connectivity index (χ3v) is 5.25. The largest absolute Gasteiger partial charge is 0.309 e. The molecule has 0 aromatic carbocycles. The topological polar surface area (TPSA) is 12.0 Å². The lowest BCUT2D eigenvalue weighted by atomic mass is 10.1. The number of rotatable bonds is 3. The number of nitrogens with one attached hydrogen (secondary N) is 1. The van der Waals surface area contributed by atoms with E-state index in [2.05, 4.69) is 60.1 Å². The molecule has 0 fully saturated rings. The van der Waals surface area contributed by atoms with Crippen molar-refractivity contribution < 1.29 is 0 Å². The van der Waals surface area contributed by atoms with Crippen LogP contribution in [0.4, 0.5) is 0 Å². The molecular formula is C10H9Br2NS2. The van der Waals surface area contributed by atoms with Crippen molar-refractivity contribution in [3.8, 4) is 0 Å². The van der Waals surface area contributed by atoms with Crippen molar-refractivity contribution in [1.82, 2.24) is 5.32 Å². The second-order valence-corrected chi connectivity index (χ2v) is 7.59. The lowest BCUT2D eigenvalue weighted by Gasteiger charge is -2.14. The minimum absolute atomic E-state index is 0.271. The van der Waals surface area contributed by atoms with E-state index in [-0.39, 0.29) is 6.04 Å². The number of thiophene rings is 2. The molecule has 15 heavy (non-hydrogen) atoms. The first-order chi connectivity index (χ1) is 7.22. The van der Waals surface area contributed by atoms with Crippen LogP contribution in [0.5, 0.6) is 0 Å². The van der Waals surface area contributed by atoms with Crippen molar-refractivity contribution in [2.75, 3.05) is 7.05 Å². The fraction of sp³-hybridized carbons (Fsp3) is 0.200. The van der Waals surface area contributed by atoms with Gasteiger partial charge in [-0.3, -0.25) is 0 Å². The summed E-state index contributed by atoms with van der Waals surface area (Å²) in [5.41, 5.74) is 2.60. The van der Waals surface area contributed by atoms with Gasteiger partial charge in [-0.2, -0.15) is 11.3 Å². The third kappa shape index (κ3) is 2.53. The van der Waals surface area contributed by atoms with Crippen LogP contribution in [0.1, 0.15) is 17.2 Å². The molecule has 0 aliphatic heterocycles. The van der Waals surface area contributed by atoms with E-state index in [0.717, 1.165) is 3.79 Å². The number of halogens is 2. The molecule has 0 aliphatic carbocycles. The molecule has 0 amide bonds. The van der Waals surface area contributed by atoms with Crippen LogP contribution in [0.25, 0.3) is 0 Å². The Kier molecular flexibility index (Phi) is 4.01. The van der Waals surface area contributed by atoms with Gasteiger partial charge in [0.15, 0.2) is 0 Å². The SMILES string of the molecule is CNC(c1ccsc1)c1cc(Br)sc1Br. The van der Waals surface area contributed by atoms with Gasteiger partial charge in [0.1, 0.15) is 0 Å². The highest BCUT2D eigenvalue weighted by Gasteiger charge is 2.17. The molecule has 5 heteroatoms. The summed E-state index contributed by atoms with van der Waals surface area (Å²) in [5.74, 6) is 0. The lowest BCUT2D eigenvalue weighted by molar-refractivity contribution is 0.694. The maximum absolute atomic E-state index is 3.60. The van der Waals surface area contributed by atoms with Gasteiger partial charge in [0, 0.05) is 0 Å². The molecule has 1 N–H and O–H groups in total. The highest BCUT2D eigenvalue weighted by molar-refractivity contribution is 9.12. The normalized spacial score (nSPS) is 13.0. The number of hydrogen-bond donors (Lipinski definition) is 1. The molecule has 0 saturated heterocycles. The molecule has 0 radical (unpaired) electrons. The van der Waals surface area contributed by atoms with Crippen LogP contribution in [0, 0.1) is 0 Å². The molecule has 2 aromatic heterocycles. The van der Waals surface area contributed by atoms with Crippen molar-refractivity contribution in [1.29, 1.82) is 0 Å². The second kappa shape index (κ2) is 5.10. The van der Waals surface area contributed by atoms with E-state index in [1.54, 1.807) is 22.7 Å². The summed E-state index contributed by atoms with van der Waals surface area (Å²) in [5, 5.41) is 7.62. The molecule has 1 atom stereocenters. The van der Waals surface area contributed by atoms with E-state index in [1.807, 2.05) is 7.05 Å². The molecular weight excluding hydrogens is 358 g/mol. The highest BCUT2D eigenvalue weighted by atomic mass is 79.9. The Bertz CT molecular complexity index is 436. The Labute approximate surface area is 114 Å². The van der Waals surface area contributed by atoms with Gasteiger partial charge < -0.3 is 5.32 Å². The zero-order valence-corrected chi connectivity index (χ0v) is 12.8. The first-order valence-electron chi connectivity index (χ1n) is 4.36. The summed E-state index contributed by atoms with van der Waals surface area (Å²) in [7, 11) is 1.99. The Hall–Kier alpha value is 0.320. The van der Waals surface area contributed by atoms with Crippen molar-refractivity contribution in [3.05, 3.63) is 41.6 Å². The van der Waals surface area contributed by atoms with Crippen LogP contribution in [-0.4, -0.2) is 7.05 Å². The van der Waals surface area contributed by atoms with E-state index in [1.165, 1.54) is 14.9 Å². The van der Waals surface area contributed by atoms with E-state index in [4.69, 9.17) is 0 Å². The Morgan fingerprint density at radius 2 is 2.20 bits per heavy atom. The summed E-state index contributed by atoms with van der Waals surface area (Å²) >= 11 is 10.5. The van der Waals surface area contributed by atoms with Crippen molar-refractivity contribution >= 4 is 54.5 Å². The summed E-state index contributed by atoms with van der Waals surface area (Å²) in [6.07, 6.45) is 0. The minimum atomic E-state index is 0.271. The molecule has 1 nitrogen and oxygen atoms in total. The first kappa shape index (κ1) is 11.8. The quantitative estimate of drug-likeness (QED) is 0.833. The van der Waals surface area contributed by atoms with Gasteiger partial charge in [-0.15, -0.1) is 11.3 Å². The summed E-state index contributed by atoms with van der Waals surface area (Å²) in [4.78, 5) is 0. The standard InChI is InChI=1S/C10H9Br2NS2/c1-13-9(6-2-3-14-5-6)7-4-8(11)15-10(7)12/h2-5,9,13H,1H3. The van der Waals surface area contributed by atoms with Gasteiger partial charge in [0.2, 0.25) is 0 Å². The zero-order valence-electron chi connectivity index (χ0n) is 7.96. The molecule has 0 spiro atoms. The van der Waals surface area contributed by atoms with Crippen LogP contribution < -0.4 is 5.32 Å². The van der Waals surface area contributed by atoms with E-state index < -0.39 is 0 Å². The lowest BCUT2D eigenvalue weighted by Crippen LogP contribution is -2.16. The van der Waals surface area contributed by atoms with Crippen molar-refractivity contribution in [2.24, 2.45) is 0 Å². The smallest absolute Gasteiger partial charge is 0.0761 e. The molecule has 1 unspecified atom stereocenters. The van der Waals surface area contributed by atoms with Crippen LogP contribution in [-0.2, 0) is 0 Å². The van der Waals surface area contributed by atoms with Crippen LogP contribution in [0.2, 0.25) is 0 Å². The van der Waals surface area contributed by atoms with Gasteiger partial charge >= 0.3 is 0 Å². The van der Waals surface area contributed by atoms with E-state index in [9.17, 15) is 0 Å².